The predicted octanol–water partition coefficient (Wildman–Crippen LogP) is 2.00. The summed E-state index contributed by atoms with van der Waals surface area (Å²) in [7, 11) is 0. The van der Waals surface area contributed by atoms with E-state index < -0.39 is 0 Å². The number of fused-ring (bicyclic) bond motifs is 1. The molecule has 14 heavy (non-hydrogen) atoms. The van der Waals surface area contributed by atoms with Gasteiger partial charge < -0.3 is 9.47 Å². The Kier molecular flexibility index (Phi) is 1.69. The monoisotopic (exact) mass is 189 g/mol. The first-order valence-corrected chi connectivity index (χ1v) is 4.87. The molecule has 2 aliphatic rings. The Hall–Kier alpha value is -1.51. The molecule has 3 rings (SSSR count). The maximum absolute atomic E-state index is 5.32. The lowest BCUT2D eigenvalue weighted by atomic mass is 10.1. The molecule has 2 aliphatic heterocycles. The Balaban J connectivity index is 2.00. The quantitative estimate of drug-likeness (QED) is 0.676. The number of hydrogen-bond acceptors (Lipinski definition) is 3. The second-order valence-corrected chi connectivity index (χ2v) is 3.50. The highest BCUT2D eigenvalue weighted by molar-refractivity contribution is 6.02. The number of ether oxygens (including phenoxy) is 2. The van der Waals surface area contributed by atoms with Gasteiger partial charge in [0.05, 0.1) is 0 Å². The zero-order valence-corrected chi connectivity index (χ0v) is 7.82. The normalized spacial score (nSPS) is 18.4. The lowest BCUT2D eigenvalue weighted by Gasteiger charge is -2.01. The van der Waals surface area contributed by atoms with Crippen LogP contribution in [0.1, 0.15) is 18.4 Å². The summed E-state index contributed by atoms with van der Waals surface area (Å²) in [6.45, 7) is 1.30. The summed E-state index contributed by atoms with van der Waals surface area (Å²) in [6, 6.07) is 6.03. The minimum Gasteiger partial charge on any atom is -0.454 e. The van der Waals surface area contributed by atoms with Crippen LogP contribution in [-0.4, -0.2) is 19.0 Å². The molecule has 1 aromatic rings. The number of aliphatic imine (C=N–C) groups is 1. The first-order valence-electron chi connectivity index (χ1n) is 4.87. The van der Waals surface area contributed by atoms with Gasteiger partial charge >= 0.3 is 0 Å². The maximum atomic E-state index is 5.32. The molecule has 0 bridgehead atoms. The van der Waals surface area contributed by atoms with Crippen molar-refractivity contribution < 1.29 is 9.47 Å². The second kappa shape index (κ2) is 3.01. The van der Waals surface area contributed by atoms with E-state index in [2.05, 4.69) is 11.1 Å². The lowest BCUT2D eigenvalue weighted by Crippen LogP contribution is -1.95. The molecule has 0 N–H and O–H groups in total. The third-order valence-electron chi connectivity index (χ3n) is 2.58. The molecular formula is C11H11NO2. The summed E-state index contributed by atoms with van der Waals surface area (Å²) >= 11 is 0. The van der Waals surface area contributed by atoms with Crippen molar-refractivity contribution in [2.24, 2.45) is 4.99 Å². The van der Waals surface area contributed by atoms with Crippen LogP contribution in [0.5, 0.6) is 11.5 Å². The van der Waals surface area contributed by atoms with Crippen molar-refractivity contribution in [3.05, 3.63) is 23.8 Å². The number of nitrogens with zero attached hydrogens (tertiary/aromatic N) is 1. The largest absolute Gasteiger partial charge is 0.454 e. The predicted molar refractivity (Wildman–Crippen MR) is 53.2 cm³/mol. The Morgan fingerprint density at radius 2 is 2.07 bits per heavy atom. The first kappa shape index (κ1) is 7.85. The van der Waals surface area contributed by atoms with Crippen molar-refractivity contribution in [2.75, 3.05) is 13.3 Å². The number of benzene rings is 1. The van der Waals surface area contributed by atoms with E-state index in [1.54, 1.807) is 0 Å². The minimum atomic E-state index is 0.339. The molecule has 3 nitrogen and oxygen atoms in total. The molecule has 72 valence electrons. The molecule has 0 aliphatic carbocycles. The van der Waals surface area contributed by atoms with E-state index in [9.17, 15) is 0 Å². The van der Waals surface area contributed by atoms with Gasteiger partial charge in [-0.3, -0.25) is 4.99 Å². The van der Waals surface area contributed by atoms with Gasteiger partial charge in [0.1, 0.15) is 0 Å². The zero-order chi connectivity index (χ0) is 9.38. The first-order chi connectivity index (χ1) is 6.93. The molecule has 2 heterocycles. The van der Waals surface area contributed by atoms with Gasteiger partial charge in [-0.1, -0.05) is 0 Å². The average Bonchev–Trinajstić information content (AvgIpc) is 2.88. The van der Waals surface area contributed by atoms with Gasteiger partial charge in [-0.05, 0) is 36.6 Å². The van der Waals surface area contributed by atoms with Crippen LogP contribution in [-0.2, 0) is 0 Å². The standard InChI is InChI=1S/C11H11NO2/c1-2-9(12-5-1)8-3-4-10-11(6-8)14-7-13-10/h3-4,6H,1-2,5,7H2. The van der Waals surface area contributed by atoms with E-state index in [-0.39, 0.29) is 0 Å². The highest BCUT2D eigenvalue weighted by Crippen LogP contribution is 2.33. The molecule has 0 saturated heterocycles. The minimum absolute atomic E-state index is 0.339. The Morgan fingerprint density at radius 3 is 2.93 bits per heavy atom. The summed E-state index contributed by atoms with van der Waals surface area (Å²) in [5.41, 5.74) is 2.37. The van der Waals surface area contributed by atoms with Crippen molar-refractivity contribution in [3.63, 3.8) is 0 Å². The molecule has 0 spiro atoms. The van der Waals surface area contributed by atoms with Crippen LogP contribution in [0.3, 0.4) is 0 Å². The Labute approximate surface area is 82.4 Å². The van der Waals surface area contributed by atoms with E-state index in [4.69, 9.17) is 9.47 Å². The van der Waals surface area contributed by atoms with Gasteiger partial charge in [0.15, 0.2) is 11.5 Å². The van der Waals surface area contributed by atoms with Crippen molar-refractivity contribution in [2.45, 2.75) is 12.8 Å². The highest BCUT2D eigenvalue weighted by Gasteiger charge is 2.16. The summed E-state index contributed by atoms with van der Waals surface area (Å²) in [6.07, 6.45) is 2.25. The molecule has 0 aromatic heterocycles. The summed E-state index contributed by atoms with van der Waals surface area (Å²) in [5.74, 6) is 1.68. The van der Waals surface area contributed by atoms with E-state index >= 15 is 0 Å². The van der Waals surface area contributed by atoms with Gasteiger partial charge in [0.2, 0.25) is 6.79 Å². The SMILES string of the molecule is c1cc2c(cc1C1=NCCC1)OCO2. The van der Waals surface area contributed by atoms with E-state index in [1.165, 1.54) is 17.7 Å². The molecule has 0 unspecified atom stereocenters. The van der Waals surface area contributed by atoms with Crippen LogP contribution in [0.2, 0.25) is 0 Å². The number of hydrogen-bond donors (Lipinski definition) is 0. The molecule has 0 radical (unpaired) electrons. The maximum Gasteiger partial charge on any atom is 0.231 e. The van der Waals surface area contributed by atoms with Crippen LogP contribution in [0.25, 0.3) is 0 Å². The third-order valence-corrected chi connectivity index (χ3v) is 2.58. The van der Waals surface area contributed by atoms with Crippen LogP contribution in [0, 0.1) is 0 Å². The van der Waals surface area contributed by atoms with Crippen LogP contribution in [0.15, 0.2) is 23.2 Å². The van der Waals surface area contributed by atoms with Gasteiger partial charge in [0.25, 0.3) is 0 Å². The molecular weight excluding hydrogens is 178 g/mol. The van der Waals surface area contributed by atoms with Gasteiger partial charge in [-0.2, -0.15) is 0 Å². The van der Waals surface area contributed by atoms with E-state index in [0.717, 1.165) is 24.5 Å². The Bertz CT molecular complexity index is 398. The fourth-order valence-corrected chi connectivity index (χ4v) is 1.85. The topological polar surface area (TPSA) is 30.8 Å². The second-order valence-electron chi connectivity index (χ2n) is 3.50. The summed E-state index contributed by atoms with van der Waals surface area (Å²) in [5, 5.41) is 0. The Morgan fingerprint density at radius 1 is 1.14 bits per heavy atom. The smallest absolute Gasteiger partial charge is 0.231 e. The van der Waals surface area contributed by atoms with Crippen LogP contribution in [0.4, 0.5) is 0 Å². The molecule has 1 aromatic carbocycles. The third kappa shape index (κ3) is 1.16. The van der Waals surface area contributed by atoms with Crippen LogP contribution < -0.4 is 9.47 Å². The van der Waals surface area contributed by atoms with Crippen molar-refractivity contribution in [3.8, 4) is 11.5 Å². The molecule has 0 atom stereocenters. The van der Waals surface area contributed by atoms with Gasteiger partial charge in [-0.15, -0.1) is 0 Å². The number of rotatable bonds is 1. The van der Waals surface area contributed by atoms with Crippen molar-refractivity contribution in [1.29, 1.82) is 0 Å². The van der Waals surface area contributed by atoms with E-state index in [1.807, 2.05) is 12.1 Å². The van der Waals surface area contributed by atoms with Gasteiger partial charge in [0, 0.05) is 12.3 Å². The lowest BCUT2D eigenvalue weighted by molar-refractivity contribution is 0.174. The molecule has 0 saturated carbocycles. The summed E-state index contributed by atoms with van der Waals surface area (Å²) in [4.78, 5) is 4.45. The summed E-state index contributed by atoms with van der Waals surface area (Å²) < 4.78 is 10.6. The zero-order valence-electron chi connectivity index (χ0n) is 7.82. The molecule has 0 amide bonds. The highest BCUT2D eigenvalue weighted by atomic mass is 16.7. The van der Waals surface area contributed by atoms with Crippen LogP contribution >= 0.6 is 0 Å². The van der Waals surface area contributed by atoms with Crippen molar-refractivity contribution >= 4 is 5.71 Å². The fourth-order valence-electron chi connectivity index (χ4n) is 1.85. The van der Waals surface area contributed by atoms with Gasteiger partial charge in [-0.25, -0.2) is 0 Å². The molecule has 0 fully saturated rings. The fraction of sp³-hybridized carbons (Fsp3) is 0.364. The molecule has 3 heteroatoms. The van der Waals surface area contributed by atoms with Crippen molar-refractivity contribution in [1.82, 2.24) is 0 Å². The van der Waals surface area contributed by atoms with E-state index in [0.29, 0.717) is 6.79 Å². The average molecular weight is 189 g/mol.